The van der Waals surface area contributed by atoms with E-state index in [1.54, 1.807) is 0 Å². The van der Waals surface area contributed by atoms with Crippen LogP contribution < -0.4 is 20.9 Å². The van der Waals surface area contributed by atoms with Crippen molar-refractivity contribution in [2.75, 3.05) is 12.8 Å². The minimum Gasteiger partial charge on any atom is -0.493 e. The Hall–Kier alpha value is -2.76. The molecule has 5 nitrogen and oxygen atoms in total. The fraction of sp³-hybridized carbons (Fsp3) is 0.0714. The molecule has 0 aliphatic rings. The number of halogens is 1. The van der Waals surface area contributed by atoms with Crippen molar-refractivity contribution in [1.29, 1.82) is 0 Å². The Kier molecular flexibility index (Phi) is 3.74. The van der Waals surface area contributed by atoms with E-state index in [4.69, 9.17) is 20.9 Å². The molecule has 0 saturated heterocycles. The first-order valence-electron chi connectivity index (χ1n) is 5.71. The average Bonchev–Trinajstić information content (AvgIpc) is 2.37. The summed E-state index contributed by atoms with van der Waals surface area (Å²) in [4.78, 5) is 11.1. The first-order valence-corrected chi connectivity index (χ1v) is 5.71. The maximum absolute atomic E-state index is 13.2. The molecule has 0 fully saturated rings. The lowest BCUT2D eigenvalue weighted by molar-refractivity contribution is 0.1000. The number of benzene rings is 2. The zero-order chi connectivity index (χ0) is 14.7. The van der Waals surface area contributed by atoms with Gasteiger partial charge in [0.1, 0.15) is 11.6 Å². The van der Waals surface area contributed by atoms with E-state index in [0.717, 1.165) is 0 Å². The third-order valence-electron chi connectivity index (χ3n) is 2.57. The minimum atomic E-state index is -0.579. The number of hydrogen-bond acceptors (Lipinski definition) is 4. The van der Waals surface area contributed by atoms with Crippen LogP contribution in [-0.4, -0.2) is 13.0 Å². The monoisotopic (exact) mass is 276 g/mol. The molecule has 4 N–H and O–H groups in total. The topological polar surface area (TPSA) is 87.6 Å². The molecule has 0 bridgehead atoms. The van der Waals surface area contributed by atoms with Crippen molar-refractivity contribution < 1.29 is 18.7 Å². The first kappa shape index (κ1) is 13.7. The van der Waals surface area contributed by atoms with Gasteiger partial charge in [-0.15, -0.1) is 0 Å². The van der Waals surface area contributed by atoms with E-state index in [0.29, 0.717) is 11.5 Å². The number of amides is 1. The van der Waals surface area contributed by atoms with Gasteiger partial charge in [-0.1, -0.05) is 0 Å². The highest BCUT2D eigenvalue weighted by atomic mass is 19.1. The number of nitrogen functional groups attached to an aromatic ring is 1. The van der Waals surface area contributed by atoms with Crippen LogP contribution in [0.1, 0.15) is 10.4 Å². The third-order valence-corrected chi connectivity index (χ3v) is 2.57. The molecule has 2 rings (SSSR count). The molecule has 0 radical (unpaired) electrons. The van der Waals surface area contributed by atoms with Crippen LogP contribution in [0, 0.1) is 5.82 Å². The Morgan fingerprint density at radius 3 is 2.50 bits per heavy atom. The summed E-state index contributed by atoms with van der Waals surface area (Å²) in [7, 11) is 1.42. The number of carbonyl (C=O) groups excluding carboxylic acids is 1. The van der Waals surface area contributed by atoms with Crippen LogP contribution in [0.15, 0.2) is 36.4 Å². The van der Waals surface area contributed by atoms with Crippen LogP contribution in [0.5, 0.6) is 17.2 Å². The summed E-state index contributed by atoms with van der Waals surface area (Å²) in [5.74, 6) is -0.225. The molecule has 104 valence electrons. The average molecular weight is 276 g/mol. The summed E-state index contributed by atoms with van der Waals surface area (Å²) in [6.45, 7) is 0. The van der Waals surface area contributed by atoms with Crippen LogP contribution in [0.4, 0.5) is 10.1 Å². The van der Waals surface area contributed by atoms with Crippen molar-refractivity contribution in [3.8, 4) is 17.2 Å². The van der Waals surface area contributed by atoms with Gasteiger partial charge < -0.3 is 20.9 Å². The van der Waals surface area contributed by atoms with Gasteiger partial charge in [0, 0.05) is 23.4 Å². The largest absolute Gasteiger partial charge is 0.493 e. The Balaban J connectivity index is 2.35. The van der Waals surface area contributed by atoms with Crippen LogP contribution in [0.3, 0.4) is 0 Å². The number of carbonyl (C=O) groups is 1. The molecule has 0 spiro atoms. The Morgan fingerprint density at radius 1 is 1.15 bits per heavy atom. The number of ether oxygens (including phenoxy) is 2. The molecule has 20 heavy (non-hydrogen) atoms. The molecule has 0 aliphatic heterocycles. The molecule has 0 aliphatic carbocycles. The predicted molar refractivity (Wildman–Crippen MR) is 72.4 cm³/mol. The van der Waals surface area contributed by atoms with Crippen molar-refractivity contribution in [1.82, 2.24) is 0 Å². The molecule has 0 unspecified atom stereocenters. The maximum Gasteiger partial charge on any atom is 0.248 e. The second kappa shape index (κ2) is 5.48. The summed E-state index contributed by atoms with van der Waals surface area (Å²) in [6.07, 6.45) is 0. The third kappa shape index (κ3) is 2.97. The van der Waals surface area contributed by atoms with E-state index in [-0.39, 0.29) is 17.0 Å². The SMILES string of the molecule is COc1cc(C(N)=O)ccc1Oc1cc(N)cc(F)c1. The van der Waals surface area contributed by atoms with Gasteiger partial charge in [0.05, 0.1) is 7.11 Å². The van der Waals surface area contributed by atoms with Crippen molar-refractivity contribution in [2.24, 2.45) is 5.73 Å². The number of hydrogen-bond donors (Lipinski definition) is 2. The Morgan fingerprint density at radius 2 is 1.90 bits per heavy atom. The summed E-state index contributed by atoms with van der Waals surface area (Å²) in [5, 5.41) is 0. The lowest BCUT2D eigenvalue weighted by atomic mass is 10.2. The van der Waals surface area contributed by atoms with E-state index >= 15 is 0 Å². The molecular weight excluding hydrogens is 263 g/mol. The zero-order valence-corrected chi connectivity index (χ0v) is 10.7. The van der Waals surface area contributed by atoms with Crippen molar-refractivity contribution >= 4 is 11.6 Å². The second-order valence-corrected chi connectivity index (χ2v) is 4.05. The van der Waals surface area contributed by atoms with Gasteiger partial charge in [0.2, 0.25) is 5.91 Å². The number of primary amides is 1. The molecule has 1 amide bonds. The lowest BCUT2D eigenvalue weighted by Gasteiger charge is -2.11. The normalized spacial score (nSPS) is 10.1. The summed E-state index contributed by atoms with van der Waals surface area (Å²) < 4.78 is 23.8. The molecule has 6 heteroatoms. The van der Waals surface area contributed by atoms with Gasteiger partial charge in [-0.3, -0.25) is 4.79 Å². The predicted octanol–water partition coefficient (Wildman–Crippen LogP) is 2.31. The van der Waals surface area contributed by atoms with E-state index in [1.807, 2.05) is 0 Å². The van der Waals surface area contributed by atoms with Crippen molar-refractivity contribution in [2.45, 2.75) is 0 Å². The minimum absolute atomic E-state index is 0.229. The smallest absolute Gasteiger partial charge is 0.248 e. The van der Waals surface area contributed by atoms with Crippen LogP contribution >= 0.6 is 0 Å². The fourth-order valence-electron chi connectivity index (χ4n) is 1.68. The molecule has 2 aromatic carbocycles. The van der Waals surface area contributed by atoms with Gasteiger partial charge in [0.15, 0.2) is 11.5 Å². The lowest BCUT2D eigenvalue weighted by Crippen LogP contribution is -2.10. The zero-order valence-electron chi connectivity index (χ0n) is 10.7. The maximum atomic E-state index is 13.2. The number of rotatable bonds is 4. The number of nitrogens with two attached hydrogens (primary N) is 2. The first-order chi connectivity index (χ1) is 9.49. The van der Waals surface area contributed by atoms with E-state index < -0.39 is 11.7 Å². The highest BCUT2D eigenvalue weighted by Crippen LogP contribution is 2.33. The summed E-state index contributed by atoms with van der Waals surface area (Å²) >= 11 is 0. The number of anilines is 1. The van der Waals surface area contributed by atoms with Crippen LogP contribution in [0.2, 0.25) is 0 Å². The van der Waals surface area contributed by atoms with Gasteiger partial charge in [-0.05, 0) is 24.3 Å². The van der Waals surface area contributed by atoms with Gasteiger partial charge in [-0.2, -0.15) is 0 Å². The van der Waals surface area contributed by atoms with Gasteiger partial charge in [-0.25, -0.2) is 4.39 Å². The Labute approximate surface area is 114 Å². The number of methoxy groups -OCH3 is 1. The molecule has 2 aromatic rings. The van der Waals surface area contributed by atoms with Gasteiger partial charge in [0.25, 0.3) is 0 Å². The van der Waals surface area contributed by atoms with Crippen LogP contribution in [-0.2, 0) is 0 Å². The highest BCUT2D eigenvalue weighted by Gasteiger charge is 2.10. The van der Waals surface area contributed by atoms with E-state index in [9.17, 15) is 9.18 Å². The molecule has 0 atom stereocenters. The molecule has 0 saturated carbocycles. The quantitative estimate of drug-likeness (QED) is 0.839. The van der Waals surface area contributed by atoms with E-state index in [1.165, 1.54) is 43.5 Å². The Bertz CT molecular complexity index is 639. The summed E-state index contributed by atoms with van der Waals surface area (Å²) in [5.41, 5.74) is 11.2. The standard InChI is InChI=1S/C14H13FN2O3/c1-19-13-4-8(14(17)18)2-3-12(13)20-11-6-9(15)5-10(16)7-11/h2-7H,16H2,1H3,(H2,17,18). The second-order valence-electron chi connectivity index (χ2n) is 4.05. The van der Waals surface area contributed by atoms with Gasteiger partial charge >= 0.3 is 0 Å². The van der Waals surface area contributed by atoms with Crippen LogP contribution in [0.25, 0.3) is 0 Å². The molecular formula is C14H13FN2O3. The fourth-order valence-corrected chi connectivity index (χ4v) is 1.68. The van der Waals surface area contributed by atoms with Crippen molar-refractivity contribution in [3.05, 3.63) is 47.8 Å². The molecule has 0 heterocycles. The van der Waals surface area contributed by atoms with E-state index in [2.05, 4.69) is 0 Å². The summed E-state index contributed by atoms with van der Waals surface area (Å²) in [6, 6.07) is 8.30. The highest BCUT2D eigenvalue weighted by molar-refractivity contribution is 5.93. The van der Waals surface area contributed by atoms with Crippen molar-refractivity contribution in [3.63, 3.8) is 0 Å². The molecule has 0 aromatic heterocycles.